The van der Waals surface area contributed by atoms with Gasteiger partial charge in [-0.2, -0.15) is 0 Å². The first-order chi connectivity index (χ1) is 7.08. The van der Waals surface area contributed by atoms with Crippen molar-refractivity contribution in [3.63, 3.8) is 0 Å². The van der Waals surface area contributed by atoms with Crippen molar-refractivity contribution in [1.82, 2.24) is 0 Å². The van der Waals surface area contributed by atoms with Gasteiger partial charge in [0.05, 0.1) is 19.4 Å². The van der Waals surface area contributed by atoms with Gasteiger partial charge >= 0.3 is 7.60 Å². The van der Waals surface area contributed by atoms with Gasteiger partial charge < -0.3 is 9.05 Å². The molecule has 4 heteroatoms. The lowest BCUT2D eigenvalue weighted by atomic mass is 10.2. The molecule has 0 atom stereocenters. The number of hydrogen-bond donors (Lipinski definition) is 0. The molecule has 0 rings (SSSR count). The zero-order valence-corrected chi connectivity index (χ0v) is 11.2. The summed E-state index contributed by atoms with van der Waals surface area (Å²) in [5.41, 5.74) is 1.31. The standard InChI is InChI=1S/C11H23O3P/c1-5-11(4)9-8-10-15(12,13-6-2)14-7-3/h9H,5-8,10H2,1-4H3/b11-9-. The van der Waals surface area contributed by atoms with Gasteiger partial charge in [-0.1, -0.05) is 18.6 Å². The van der Waals surface area contributed by atoms with Crippen molar-refractivity contribution in [2.45, 2.75) is 40.5 Å². The third kappa shape index (κ3) is 6.88. The molecule has 0 N–H and O–H groups in total. The maximum Gasteiger partial charge on any atom is 0.330 e. The second-order valence-corrected chi connectivity index (χ2v) is 5.55. The Morgan fingerprint density at radius 1 is 1.20 bits per heavy atom. The van der Waals surface area contributed by atoms with Gasteiger partial charge in [-0.05, 0) is 33.6 Å². The van der Waals surface area contributed by atoms with Crippen molar-refractivity contribution in [3.8, 4) is 0 Å². The summed E-state index contributed by atoms with van der Waals surface area (Å²) in [6.45, 7) is 8.72. The molecule has 0 aromatic carbocycles. The zero-order chi connectivity index (χ0) is 11.7. The van der Waals surface area contributed by atoms with Crippen LogP contribution >= 0.6 is 7.60 Å². The van der Waals surface area contributed by atoms with Crippen LogP contribution in [0.5, 0.6) is 0 Å². The summed E-state index contributed by atoms with van der Waals surface area (Å²) in [6.07, 6.45) is 4.38. The van der Waals surface area contributed by atoms with E-state index in [0.29, 0.717) is 19.4 Å². The molecule has 0 spiro atoms. The monoisotopic (exact) mass is 234 g/mol. The number of hydrogen-bond acceptors (Lipinski definition) is 3. The van der Waals surface area contributed by atoms with Gasteiger partial charge in [-0.25, -0.2) is 0 Å². The number of rotatable bonds is 8. The van der Waals surface area contributed by atoms with Crippen molar-refractivity contribution in [2.75, 3.05) is 19.4 Å². The molecule has 0 aliphatic carbocycles. The van der Waals surface area contributed by atoms with E-state index in [1.54, 1.807) is 0 Å². The largest absolute Gasteiger partial charge is 0.330 e. The van der Waals surface area contributed by atoms with Crippen molar-refractivity contribution in [1.29, 1.82) is 0 Å². The molecule has 0 amide bonds. The molecule has 0 radical (unpaired) electrons. The summed E-state index contributed by atoms with van der Waals surface area (Å²) in [6, 6.07) is 0. The molecule has 0 aromatic heterocycles. The Bertz CT molecular complexity index is 226. The molecule has 0 aromatic rings. The predicted molar refractivity (Wildman–Crippen MR) is 64.4 cm³/mol. The van der Waals surface area contributed by atoms with Crippen LogP contribution in [0.15, 0.2) is 11.6 Å². The molecule has 0 bridgehead atoms. The van der Waals surface area contributed by atoms with E-state index in [9.17, 15) is 4.57 Å². The van der Waals surface area contributed by atoms with Crippen molar-refractivity contribution in [3.05, 3.63) is 11.6 Å². The average molecular weight is 234 g/mol. The average Bonchev–Trinajstić information content (AvgIpc) is 2.18. The Hall–Kier alpha value is -0.110. The van der Waals surface area contributed by atoms with E-state index in [2.05, 4.69) is 19.9 Å². The van der Waals surface area contributed by atoms with Gasteiger partial charge in [0.1, 0.15) is 0 Å². The predicted octanol–water partition coefficient (Wildman–Crippen LogP) is 4.00. The molecule has 0 saturated carbocycles. The fourth-order valence-corrected chi connectivity index (χ4v) is 2.74. The third-order valence-electron chi connectivity index (χ3n) is 2.11. The van der Waals surface area contributed by atoms with E-state index < -0.39 is 7.60 Å². The Morgan fingerprint density at radius 3 is 2.13 bits per heavy atom. The first kappa shape index (κ1) is 14.9. The molecule has 0 heterocycles. The van der Waals surface area contributed by atoms with Gasteiger partial charge in [0.2, 0.25) is 0 Å². The fraction of sp³-hybridized carbons (Fsp3) is 0.818. The zero-order valence-electron chi connectivity index (χ0n) is 10.3. The minimum Gasteiger partial charge on any atom is -0.309 e. The summed E-state index contributed by atoms with van der Waals surface area (Å²) in [4.78, 5) is 0. The van der Waals surface area contributed by atoms with Gasteiger partial charge in [-0.15, -0.1) is 0 Å². The second kappa shape index (κ2) is 8.09. The lowest BCUT2D eigenvalue weighted by molar-refractivity contribution is 0.220. The van der Waals surface area contributed by atoms with Crippen molar-refractivity contribution in [2.24, 2.45) is 0 Å². The molecule has 15 heavy (non-hydrogen) atoms. The van der Waals surface area contributed by atoms with E-state index in [4.69, 9.17) is 9.05 Å². The Balaban J connectivity index is 4.12. The van der Waals surface area contributed by atoms with Gasteiger partial charge in [0.25, 0.3) is 0 Å². The molecule has 90 valence electrons. The van der Waals surface area contributed by atoms with Crippen LogP contribution in [0.3, 0.4) is 0 Å². The SMILES string of the molecule is CCOP(=O)(CC/C=C(/C)CC)OCC. The van der Waals surface area contributed by atoms with Crippen molar-refractivity contribution < 1.29 is 13.6 Å². The van der Waals surface area contributed by atoms with Crippen LogP contribution in [0, 0.1) is 0 Å². The molecule has 0 aliphatic heterocycles. The van der Waals surface area contributed by atoms with E-state index in [0.717, 1.165) is 12.8 Å². The minimum absolute atomic E-state index is 0.438. The molecule has 0 aliphatic rings. The molecule has 3 nitrogen and oxygen atoms in total. The Kier molecular flexibility index (Phi) is 8.03. The summed E-state index contributed by atoms with van der Waals surface area (Å²) < 4.78 is 22.4. The highest BCUT2D eigenvalue weighted by atomic mass is 31.2. The third-order valence-corrected chi connectivity index (χ3v) is 4.21. The highest BCUT2D eigenvalue weighted by Crippen LogP contribution is 2.48. The summed E-state index contributed by atoms with van der Waals surface area (Å²) >= 11 is 0. The second-order valence-electron chi connectivity index (χ2n) is 3.36. The highest BCUT2D eigenvalue weighted by Gasteiger charge is 2.21. The quantitative estimate of drug-likeness (QED) is 0.470. The van der Waals surface area contributed by atoms with E-state index in [1.807, 2.05) is 13.8 Å². The van der Waals surface area contributed by atoms with Crippen LogP contribution in [0.25, 0.3) is 0 Å². The molecule has 0 unspecified atom stereocenters. The van der Waals surface area contributed by atoms with E-state index in [1.165, 1.54) is 5.57 Å². The van der Waals surface area contributed by atoms with Crippen LogP contribution in [0.4, 0.5) is 0 Å². The van der Waals surface area contributed by atoms with Crippen LogP contribution < -0.4 is 0 Å². The summed E-state index contributed by atoms with van der Waals surface area (Å²) in [7, 11) is -2.83. The van der Waals surface area contributed by atoms with Gasteiger partial charge in [-0.3, -0.25) is 4.57 Å². The van der Waals surface area contributed by atoms with Gasteiger partial charge in [0.15, 0.2) is 0 Å². The minimum atomic E-state index is -2.83. The number of allylic oxidation sites excluding steroid dienone is 2. The summed E-state index contributed by atoms with van der Waals surface area (Å²) in [5.74, 6) is 0. The Morgan fingerprint density at radius 2 is 1.73 bits per heavy atom. The molecular formula is C11H23O3P. The molecule has 0 saturated heterocycles. The van der Waals surface area contributed by atoms with Crippen LogP contribution in [-0.4, -0.2) is 19.4 Å². The first-order valence-electron chi connectivity index (χ1n) is 5.61. The highest BCUT2D eigenvalue weighted by molar-refractivity contribution is 7.53. The van der Waals surface area contributed by atoms with Crippen molar-refractivity contribution >= 4 is 7.60 Å². The van der Waals surface area contributed by atoms with E-state index in [-0.39, 0.29) is 0 Å². The fourth-order valence-electron chi connectivity index (χ4n) is 1.17. The van der Waals surface area contributed by atoms with Crippen LogP contribution in [0.2, 0.25) is 0 Å². The maximum atomic E-state index is 12.0. The molecular weight excluding hydrogens is 211 g/mol. The maximum absolute atomic E-state index is 12.0. The van der Waals surface area contributed by atoms with Crippen LogP contribution in [0.1, 0.15) is 40.5 Å². The topological polar surface area (TPSA) is 35.5 Å². The Labute approximate surface area is 93.4 Å². The lowest BCUT2D eigenvalue weighted by Gasteiger charge is -2.15. The smallest absolute Gasteiger partial charge is 0.309 e. The van der Waals surface area contributed by atoms with Gasteiger partial charge in [0, 0.05) is 0 Å². The first-order valence-corrected chi connectivity index (χ1v) is 7.34. The lowest BCUT2D eigenvalue weighted by Crippen LogP contribution is -1.99. The summed E-state index contributed by atoms with van der Waals surface area (Å²) in [5, 5.41) is 0. The van der Waals surface area contributed by atoms with E-state index >= 15 is 0 Å². The van der Waals surface area contributed by atoms with Crippen LogP contribution in [-0.2, 0) is 13.6 Å². The molecule has 0 fully saturated rings. The normalized spacial score (nSPS) is 13.2.